The van der Waals surface area contributed by atoms with Crippen LogP contribution in [0.2, 0.25) is 0 Å². The van der Waals surface area contributed by atoms with Gasteiger partial charge in [0, 0.05) is 37.1 Å². The molecule has 124 valence electrons. The predicted molar refractivity (Wildman–Crippen MR) is 93.6 cm³/mol. The normalized spacial score (nSPS) is 18.2. The third-order valence-corrected chi connectivity index (χ3v) is 4.73. The average molecular weight is 325 g/mol. The van der Waals surface area contributed by atoms with E-state index in [4.69, 9.17) is 0 Å². The summed E-state index contributed by atoms with van der Waals surface area (Å²) < 4.78 is 13.2. The first kappa shape index (κ1) is 15.1. The quantitative estimate of drug-likeness (QED) is 0.777. The van der Waals surface area contributed by atoms with Crippen LogP contribution < -0.4 is 10.2 Å². The van der Waals surface area contributed by atoms with Gasteiger partial charge in [0.05, 0.1) is 23.0 Å². The number of nitrogens with one attached hydrogen (secondary N) is 2. The molecule has 1 saturated heterocycles. The molecule has 3 aromatic heterocycles. The molecule has 0 saturated carbocycles. The molecule has 4 heterocycles. The number of likely N-dealkylation sites (N-methyl/N-ethyl adjacent to an activating group) is 1. The number of aromatic amines is 1. The van der Waals surface area contributed by atoms with E-state index < -0.39 is 0 Å². The number of aromatic nitrogens is 3. The number of H-pyrrole nitrogens is 1. The van der Waals surface area contributed by atoms with Crippen molar-refractivity contribution in [1.82, 2.24) is 20.3 Å². The van der Waals surface area contributed by atoms with Gasteiger partial charge in [0.25, 0.3) is 0 Å². The van der Waals surface area contributed by atoms with Gasteiger partial charge in [-0.1, -0.05) is 0 Å². The van der Waals surface area contributed by atoms with Crippen LogP contribution in [0.4, 0.5) is 10.1 Å². The van der Waals surface area contributed by atoms with E-state index in [1.807, 2.05) is 19.4 Å². The Balaban J connectivity index is 1.81. The third kappa shape index (κ3) is 2.63. The van der Waals surface area contributed by atoms with Crippen molar-refractivity contribution in [3.05, 3.63) is 42.6 Å². The van der Waals surface area contributed by atoms with E-state index in [0.29, 0.717) is 6.04 Å². The van der Waals surface area contributed by atoms with Gasteiger partial charge in [0.2, 0.25) is 0 Å². The molecular formula is C18H20FN5. The van der Waals surface area contributed by atoms with Gasteiger partial charge >= 0.3 is 0 Å². The van der Waals surface area contributed by atoms with Crippen molar-refractivity contribution in [2.75, 3.05) is 25.0 Å². The first-order valence-electron chi connectivity index (χ1n) is 8.26. The average Bonchev–Trinajstić information content (AvgIpc) is 3.06. The largest absolute Gasteiger partial charge is 0.369 e. The Hall–Kier alpha value is -2.47. The van der Waals surface area contributed by atoms with Crippen molar-refractivity contribution < 1.29 is 4.39 Å². The van der Waals surface area contributed by atoms with Crippen LogP contribution in [0, 0.1) is 5.82 Å². The van der Waals surface area contributed by atoms with Crippen LogP contribution >= 0.6 is 0 Å². The Morgan fingerprint density at radius 2 is 2.21 bits per heavy atom. The molecule has 0 bridgehead atoms. The second-order valence-electron chi connectivity index (χ2n) is 6.19. The smallest absolute Gasteiger partial charge is 0.141 e. The van der Waals surface area contributed by atoms with Gasteiger partial charge < -0.3 is 15.2 Å². The summed E-state index contributed by atoms with van der Waals surface area (Å²) in [7, 11) is 2.01. The number of nitrogens with zero attached hydrogens (tertiary/aromatic N) is 3. The number of hydrogen-bond acceptors (Lipinski definition) is 4. The van der Waals surface area contributed by atoms with Crippen LogP contribution in [-0.2, 0) is 0 Å². The fourth-order valence-corrected chi connectivity index (χ4v) is 3.47. The van der Waals surface area contributed by atoms with Crippen LogP contribution in [0.1, 0.15) is 12.8 Å². The maximum absolute atomic E-state index is 13.2. The summed E-state index contributed by atoms with van der Waals surface area (Å²) in [5, 5.41) is 4.43. The lowest BCUT2D eigenvalue weighted by Gasteiger charge is -2.34. The molecular weight excluding hydrogens is 305 g/mol. The minimum absolute atomic E-state index is 0.329. The summed E-state index contributed by atoms with van der Waals surface area (Å²) >= 11 is 0. The van der Waals surface area contributed by atoms with E-state index in [1.54, 1.807) is 6.07 Å². The molecule has 5 nitrogen and oxygen atoms in total. The Morgan fingerprint density at radius 1 is 1.29 bits per heavy atom. The lowest BCUT2D eigenvalue weighted by Crippen LogP contribution is -2.44. The minimum atomic E-state index is -0.329. The number of hydrogen-bond donors (Lipinski definition) is 2. The second-order valence-corrected chi connectivity index (χ2v) is 6.19. The molecule has 6 heteroatoms. The topological polar surface area (TPSA) is 56.8 Å². The second kappa shape index (κ2) is 6.20. The Bertz CT molecular complexity index is 842. The zero-order valence-electron chi connectivity index (χ0n) is 13.6. The van der Waals surface area contributed by atoms with Gasteiger partial charge in [0.1, 0.15) is 11.5 Å². The molecule has 1 atom stereocenters. The van der Waals surface area contributed by atoms with Crippen molar-refractivity contribution in [3.8, 4) is 11.3 Å². The highest BCUT2D eigenvalue weighted by atomic mass is 19.1. The number of pyridine rings is 2. The monoisotopic (exact) mass is 325 g/mol. The molecule has 0 radical (unpaired) electrons. The molecule has 1 aliphatic rings. The van der Waals surface area contributed by atoms with Crippen LogP contribution in [-0.4, -0.2) is 41.1 Å². The van der Waals surface area contributed by atoms with Gasteiger partial charge in [-0.25, -0.2) is 9.37 Å². The number of anilines is 1. The maximum Gasteiger partial charge on any atom is 0.141 e. The molecule has 3 aromatic rings. The van der Waals surface area contributed by atoms with Crippen molar-refractivity contribution >= 4 is 16.7 Å². The first-order valence-corrected chi connectivity index (χ1v) is 8.26. The van der Waals surface area contributed by atoms with Gasteiger partial charge in [-0.15, -0.1) is 0 Å². The van der Waals surface area contributed by atoms with Crippen molar-refractivity contribution in [1.29, 1.82) is 0 Å². The van der Waals surface area contributed by atoms with Crippen molar-refractivity contribution in [2.24, 2.45) is 0 Å². The summed E-state index contributed by atoms with van der Waals surface area (Å²) in [6.45, 7) is 2.00. The molecule has 1 fully saturated rings. The molecule has 2 N–H and O–H groups in total. The Labute approximate surface area is 139 Å². The molecule has 0 aromatic carbocycles. The van der Waals surface area contributed by atoms with Crippen LogP contribution in [0.5, 0.6) is 0 Å². The summed E-state index contributed by atoms with van der Waals surface area (Å²) in [5.74, 6) is -0.329. The molecule has 1 aliphatic heterocycles. The predicted octanol–water partition coefficient (Wildman–Crippen LogP) is 2.95. The maximum atomic E-state index is 13.2. The van der Waals surface area contributed by atoms with Gasteiger partial charge in [-0.05, 0) is 38.1 Å². The van der Waals surface area contributed by atoms with E-state index in [0.717, 1.165) is 47.5 Å². The minimum Gasteiger partial charge on any atom is -0.369 e. The van der Waals surface area contributed by atoms with E-state index in [-0.39, 0.29) is 5.82 Å². The zero-order valence-corrected chi connectivity index (χ0v) is 13.6. The number of halogens is 1. The highest BCUT2D eigenvalue weighted by Crippen LogP contribution is 2.35. The van der Waals surface area contributed by atoms with E-state index in [9.17, 15) is 4.39 Å². The summed E-state index contributed by atoms with van der Waals surface area (Å²) in [4.78, 5) is 14.3. The van der Waals surface area contributed by atoms with E-state index in [2.05, 4.69) is 31.2 Å². The molecule has 0 spiro atoms. The molecule has 24 heavy (non-hydrogen) atoms. The van der Waals surface area contributed by atoms with Crippen LogP contribution in [0.3, 0.4) is 0 Å². The third-order valence-electron chi connectivity index (χ3n) is 4.73. The van der Waals surface area contributed by atoms with Gasteiger partial charge in [-0.3, -0.25) is 4.98 Å². The van der Waals surface area contributed by atoms with Crippen LogP contribution in [0.25, 0.3) is 22.3 Å². The fourth-order valence-electron chi connectivity index (χ4n) is 3.47. The highest BCUT2D eigenvalue weighted by Gasteiger charge is 2.22. The van der Waals surface area contributed by atoms with Crippen LogP contribution in [0.15, 0.2) is 36.8 Å². The fraction of sp³-hybridized carbons (Fsp3) is 0.333. The van der Waals surface area contributed by atoms with E-state index >= 15 is 0 Å². The summed E-state index contributed by atoms with van der Waals surface area (Å²) in [6.07, 6.45) is 7.34. The number of rotatable bonds is 3. The Kier molecular flexibility index (Phi) is 3.90. The molecule has 0 aliphatic carbocycles. The lowest BCUT2D eigenvalue weighted by atomic mass is 10.0. The summed E-state index contributed by atoms with van der Waals surface area (Å²) in [5.41, 5.74) is 3.70. The van der Waals surface area contributed by atoms with Crippen molar-refractivity contribution in [2.45, 2.75) is 18.9 Å². The first-order chi connectivity index (χ1) is 11.8. The number of fused-ring (bicyclic) bond motifs is 1. The SMILES string of the molecule is CN[C@H]1CCCN(c2ccnc3[nH]cc(-c4ccc(F)cn4)c23)C1. The molecule has 0 unspecified atom stereocenters. The van der Waals surface area contributed by atoms with Crippen molar-refractivity contribution in [3.63, 3.8) is 0 Å². The van der Waals surface area contributed by atoms with Gasteiger partial charge in [0.15, 0.2) is 0 Å². The highest BCUT2D eigenvalue weighted by molar-refractivity contribution is 6.01. The number of piperidine rings is 1. The lowest BCUT2D eigenvalue weighted by molar-refractivity contribution is 0.450. The standard InChI is InChI=1S/C18H20FN5/c1-20-13-3-2-8-24(11-13)16-6-7-21-18-17(16)14(10-23-18)15-5-4-12(19)9-22-15/h4-7,9-10,13,20H,2-3,8,11H2,1H3,(H,21,23)/t13-/m0/s1. The summed E-state index contributed by atoms with van der Waals surface area (Å²) in [6, 6.07) is 5.70. The van der Waals surface area contributed by atoms with Gasteiger partial charge in [-0.2, -0.15) is 0 Å². The molecule has 0 amide bonds. The zero-order chi connectivity index (χ0) is 16.5. The van der Waals surface area contributed by atoms with E-state index in [1.165, 1.54) is 18.7 Å². The molecule has 4 rings (SSSR count). The Morgan fingerprint density at radius 3 is 3.00 bits per heavy atom.